The second-order valence-corrected chi connectivity index (χ2v) is 6.56. The van der Waals surface area contributed by atoms with Gasteiger partial charge in [-0.3, -0.25) is 4.79 Å². The van der Waals surface area contributed by atoms with Gasteiger partial charge in [0.2, 0.25) is 17.6 Å². The lowest BCUT2D eigenvalue weighted by molar-refractivity contribution is -0.142. The van der Waals surface area contributed by atoms with Crippen molar-refractivity contribution in [3.8, 4) is 11.4 Å². The number of hydrogen-bond donors (Lipinski definition) is 2. The van der Waals surface area contributed by atoms with Crippen molar-refractivity contribution in [2.75, 3.05) is 0 Å². The Labute approximate surface area is 150 Å². The molecule has 1 aromatic heterocycles. The number of amides is 1. The molecule has 0 saturated heterocycles. The average Bonchev–Trinajstić information content (AvgIpc) is 3.03. The van der Waals surface area contributed by atoms with Gasteiger partial charge in [0.15, 0.2) is 0 Å². The van der Waals surface area contributed by atoms with Crippen LogP contribution in [0.4, 0.5) is 4.39 Å². The third kappa shape index (κ3) is 5.37. The lowest BCUT2D eigenvalue weighted by Gasteiger charge is -2.16. The van der Waals surface area contributed by atoms with Gasteiger partial charge in [-0.2, -0.15) is 4.98 Å². The maximum absolute atomic E-state index is 13.6. The van der Waals surface area contributed by atoms with Gasteiger partial charge in [-0.05, 0) is 30.9 Å². The third-order valence-corrected chi connectivity index (χ3v) is 3.80. The Balaban J connectivity index is 1.93. The number of aryl methyl sites for hydroxylation is 2. The summed E-state index contributed by atoms with van der Waals surface area (Å²) in [6.45, 7) is 5.43. The molecule has 7 nitrogen and oxygen atoms in total. The Morgan fingerprint density at radius 2 is 2.08 bits per heavy atom. The van der Waals surface area contributed by atoms with E-state index in [1.54, 1.807) is 19.1 Å². The molecular weight excluding hydrogens is 341 g/mol. The van der Waals surface area contributed by atoms with E-state index in [2.05, 4.69) is 15.5 Å². The van der Waals surface area contributed by atoms with Crippen LogP contribution in [0.2, 0.25) is 0 Å². The number of hydrogen-bond acceptors (Lipinski definition) is 5. The van der Waals surface area contributed by atoms with Gasteiger partial charge in [-0.1, -0.05) is 31.1 Å². The number of carbonyl (C=O) groups excluding carboxylic acids is 1. The number of nitrogens with zero attached hydrogens (tertiary/aromatic N) is 2. The number of carbonyl (C=O) groups is 2. The van der Waals surface area contributed by atoms with Gasteiger partial charge >= 0.3 is 5.97 Å². The third-order valence-electron chi connectivity index (χ3n) is 3.80. The molecule has 0 aliphatic heterocycles. The molecule has 1 aromatic carbocycles. The van der Waals surface area contributed by atoms with Crippen LogP contribution in [0.25, 0.3) is 11.4 Å². The fourth-order valence-corrected chi connectivity index (χ4v) is 2.39. The Kier molecular flexibility index (Phi) is 6.43. The van der Waals surface area contributed by atoms with E-state index in [9.17, 15) is 14.0 Å². The first-order chi connectivity index (χ1) is 12.3. The van der Waals surface area contributed by atoms with Gasteiger partial charge < -0.3 is 14.9 Å². The zero-order chi connectivity index (χ0) is 19.3. The molecule has 1 amide bonds. The van der Waals surface area contributed by atoms with Crippen molar-refractivity contribution < 1.29 is 23.6 Å². The standard InChI is InChI=1S/C18H22FN3O4/c1-10(2)8-14(18(24)25)20-15(23)6-7-16-21-17(22-26-16)12-5-4-11(3)13(19)9-12/h4-5,9-10,14H,6-8H2,1-3H3,(H,20,23)(H,24,25)/t14-/m0/s1. The summed E-state index contributed by atoms with van der Waals surface area (Å²) in [5, 5.41) is 15.4. The average molecular weight is 363 g/mol. The van der Waals surface area contributed by atoms with E-state index < -0.39 is 17.9 Å². The van der Waals surface area contributed by atoms with E-state index >= 15 is 0 Å². The summed E-state index contributed by atoms with van der Waals surface area (Å²) >= 11 is 0. The van der Waals surface area contributed by atoms with Crippen molar-refractivity contribution in [1.29, 1.82) is 0 Å². The van der Waals surface area contributed by atoms with Crippen molar-refractivity contribution in [3.63, 3.8) is 0 Å². The zero-order valence-electron chi connectivity index (χ0n) is 15.0. The monoisotopic (exact) mass is 363 g/mol. The molecule has 2 aromatic rings. The Hall–Kier alpha value is -2.77. The first kappa shape index (κ1) is 19.6. The van der Waals surface area contributed by atoms with E-state index in [0.29, 0.717) is 17.5 Å². The number of rotatable bonds is 8. The largest absolute Gasteiger partial charge is 0.480 e. The molecule has 1 atom stereocenters. The quantitative estimate of drug-likeness (QED) is 0.747. The molecule has 0 saturated carbocycles. The summed E-state index contributed by atoms with van der Waals surface area (Å²) in [6, 6.07) is 3.70. The smallest absolute Gasteiger partial charge is 0.326 e. The van der Waals surface area contributed by atoms with Crippen LogP contribution >= 0.6 is 0 Å². The van der Waals surface area contributed by atoms with Crippen molar-refractivity contribution in [3.05, 3.63) is 35.5 Å². The fraction of sp³-hybridized carbons (Fsp3) is 0.444. The van der Waals surface area contributed by atoms with Crippen LogP contribution in [-0.2, 0) is 16.0 Å². The molecule has 0 fully saturated rings. The SMILES string of the molecule is Cc1ccc(-c2noc(CCC(=O)N[C@@H](CC(C)C)C(=O)O)n2)cc1F. The summed E-state index contributed by atoms with van der Waals surface area (Å²) in [4.78, 5) is 27.3. The van der Waals surface area contributed by atoms with Crippen LogP contribution in [0.3, 0.4) is 0 Å². The van der Waals surface area contributed by atoms with Crippen LogP contribution in [-0.4, -0.2) is 33.2 Å². The molecule has 8 heteroatoms. The lowest BCUT2D eigenvalue weighted by atomic mass is 10.0. The normalized spacial score (nSPS) is 12.2. The molecule has 26 heavy (non-hydrogen) atoms. The van der Waals surface area contributed by atoms with Gasteiger partial charge in [0.25, 0.3) is 0 Å². The molecule has 0 radical (unpaired) electrons. The minimum atomic E-state index is -1.06. The van der Waals surface area contributed by atoms with E-state index in [1.165, 1.54) is 6.07 Å². The number of aromatic nitrogens is 2. The molecule has 0 bridgehead atoms. The summed E-state index contributed by atoms with van der Waals surface area (Å²) < 4.78 is 18.7. The van der Waals surface area contributed by atoms with Crippen molar-refractivity contribution >= 4 is 11.9 Å². The van der Waals surface area contributed by atoms with E-state index in [-0.39, 0.29) is 36.3 Å². The highest BCUT2D eigenvalue weighted by Gasteiger charge is 2.21. The number of halogens is 1. The lowest BCUT2D eigenvalue weighted by Crippen LogP contribution is -2.41. The molecule has 0 spiro atoms. The zero-order valence-corrected chi connectivity index (χ0v) is 15.0. The molecule has 140 valence electrons. The van der Waals surface area contributed by atoms with E-state index in [1.807, 2.05) is 13.8 Å². The molecule has 0 aliphatic rings. The maximum atomic E-state index is 13.6. The number of benzene rings is 1. The van der Waals surface area contributed by atoms with E-state index in [4.69, 9.17) is 9.63 Å². The predicted molar refractivity (Wildman–Crippen MR) is 91.8 cm³/mol. The molecular formula is C18H22FN3O4. The van der Waals surface area contributed by atoms with Crippen LogP contribution in [0.5, 0.6) is 0 Å². The van der Waals surface area contributed by atoms with Crippen molar-refractivity contribution in [2.45, 2.75) is 46.1 Å². The van der Waals surface area contributed by atoms with Crippen LogP contribution in [0.1, 0.15) is 38.1 Å². The summed E-state index contributed by atoms with van der Waals surface area (Å²) in [7, 11) is 0. The van der Waals surface area contributed by atoms with Crippen LogP contribution < -0.4 is 5.32 Å². The number of carboxylic acids is 1. The van der Waals surface area contributed by atoms with Gasteiger partial charge in [0.1, 0.15) is 11.9 Å². The molecule has 1 heterocycles. The van der Waals surface area contributed by atoms with Gasteiger partial charge in [0, 0.05) is 18.4 Å². The number of nitrogens with one attached hydrogen (secondary N) is 1. The number of aliphatic carboxylic acids is 1. The maximum Gasteiger partial charge on any atom is 0.326 e. The fourth-order valence-electron chi connectivity index (χ4n) is 2.39. The topological polar surface area (TPSA) is 105 Å². The predicted octanol–water partition coefficient (Wildman–Crippen LogP) is 2.73. The molecule has 2 N–H and O–H groups in total. The Morgan fingerprint density at radius 1 is 1.35 bits per heavy atom. The van der Waals surface area contributed by atoms with Crippen molar-refractivity contribution in [2.24, 2.45) is 5.92 Å². The minimum Gasteiger partial charge on any atom is -0.480 e. The molecule has 0 aliphatic carbocycles. The van der Waals surface area contributed by atoms with Gasteiger partial charge in [-0.25, -0.2) is 9.18 Å². The van der Waals surface area contributed by atoms with Crippen LogP contribution in [0, 0.1) is 18.7 Å². The summed E-state index contributed by atoms with van der Waals surface area (Å²) in [5.41, 5.74) is 0.999. The molecule has 0 unspecified atom stereocenters. The highest BCUT2D eigenvalue weighted by Crippen LogP contribution is 2.19. The Bertz CT molecular complexity index is 788. The Morgan fingerprint density at radius 3 is 2.69 bits per heavy atom. The molecule has 2 rings (SSSR count). The highest BCUT2D eigenvalue weighted by molar-refractivity contribution is 5.83. The van der Waals surface area contributed by atoms with Crippen molar-refractivity contribution in [1.82, 2.24) is 15.5 Å². The van der Waals surface area contributed by atoms with Crippen LogP contribution in [0.15, 0.2) is 22.7 Å². The number of carboxylic acid groups (broad SMARTS) is 1. The van der Waals surface area contributed by atoms with E-state index in [0.717, 1.165) is 0 Å². The first-order valence-electron chi connectivity index (χ1n) is 8.37. The second-order valence-electron chi connectivity index (χ2n) is 6.56. The highest BCUT2D eigenvalue weighted by atomic mass is 19.1. The summed E-state index contributed by atoms with van der Waals surface area (Å²) in [5.74, 6) is -1.22. The van der Waals surface area contributed by atoms with Gasteiger partial charge in [-0.15, -0.1) is 0 Å². The summed E-state index contributed by atoms with van der Waals surface area (Å²) in [6.07, 6.45) is 0.539. The minimum absolute atomic E-state index is 0.0196. The first-order valence-corrected chi connectivity index (χ1v) is 8.37. The second kappa shape index (κ2) is 8.55. The van der Waals surface area contributed by atoms with Gasteiger partial charge in [0.05, 0.1) is 0 Å².